The minimum atomic E-state index is -2.13. The van der Waals surface area contributed by atoms with Gasteiger partial charge in [-0.1, -0.05) is 72.3 Å². The van der Waals surface area contributed by atoms with Gasteiger partial charge in [0.2, 0.25) is 0 Å². The third-order valence-corrected chi connectivity index (χ3v) is 21.4. The van der Waals surface area contributed by atoms with Gasteiger partial charge in [0.05, 0.1) is 43.5 Å². The van der Waals surface area contributed by atoms with E-state index >= 15 is 0 Å². The number of carbonyl (C=O) groups excluding carboxylic acids is 2. The van der Waals surface area contributed by atoms with Crippen molar-refractivity contribution in [1.82, 2.24) is 0 Å². The highest BCUT2D eigenvalue weighted by molar-refractivity contribution is 5.89. The normalized spacial score (nSPS) is 49.0. The van der Waals surface area contributed by atoms with E-state index in [4.69, 9.17) is 37.9 Å². The van der Waals surface area contributed by atoms with Crippen molar-refractivity contribution in [2.24, 2.45) is 50.2 Å². The van der Waals surface area contributed by atoms with Gasteiger partial charge >= 0.3 is 17.9 Å². The maximum atomic E-state index is 13.9. The van der Waals surface area contributed by atoms with E-state index in [9.17, 15) is 75.7 Å². The summed E-state index contributed by atoms with van der Waals surface area (Å²) < 4.78 is 49.0. The van der Waals surface area contributed by atoms with Gasteiger partial charge in [0.15, 0.2) is 31.1 Å². The number of hydrogen-bond donors (Lipinski definition) is 12. The van der Waals surface area contributed by atoms with Gasteiger partial charge in [-0.3, -0.25) is 0 Å². The number of carboxylic acids is 1. The number of ether oxygens (including phenoxy) is 8. The van der Waals surface area contributed by atoms with E-state index in [2.05, 4.69) is 19.9 Å². The van der Waals surface area contributed by atoms with Gasteiger partial charge in [0.1, 0.15) is 67.1 Å². The second-order valence-corrected chi connectivity index (χ2v) is 26.0. The van der Waals surface area contributed by atoms with Crippen molar-refractivity contribution >= 4 is 17.9 Å². The molecule has 0 aromatic carbocycles. The quantitative estimate of drug-likeness (QED) is 0.0480. The van der Waals surface area contributed by atoms with Crippen molar-refractivity contribution < 1.29 is 114 Å². The smallest absolute Gasteiger partial charge is 0.335 e. The van der Waals surface area contributed by atoms with Crippen molar-refractivity contribution in [2.75, 3.05) is 19.8 Å². The number of aliphatic hydroxyl groups is 11. The molecule has 9 unspecified atom stereocenters. The molecule has 0 spiro atoms. The largest absolute Gasteiger partial charge is 0.479 e. The van der Waals surface area contributed by atoms with Crippen molar-refractivity contribution in [3.63, 3.8) is 0 Å². The third-order valence-electron chi connectivity index (χ3n) is 21.4. The van der Waals surface area contributed by atoms with Crippen LogP contribution in [0.3, 0.4) is 0 Å². The van der Waals surface area contributed by atoms with Gasteiger partial charge in [-0.25, -0.2) is 14.4 Å². The number of esters is 2. The monoisotopic (exact) mass is 1140 g/mol. The summed E-state index contributed by atoms with van der Waals surface area (Å²) in [5.74, 6) is -4.01. The molecule has 0 radical (unpaired) electrons. The summed E-state index contributed by atoms with van der Waals surface area (Å²) in [6, 6.07) is 0. The Morgan fingerprint density at radius 3 is 1.71 bits per heavy atom. The standard InChI is InChI=1S/C57H88O23/c1-12-24(3)47(71)79-44-45(80-48(72)25(4)13-2)57(23-60)27(20-52(44,5)6)26-14-15-31-54(9)18-17-32(53(7,8)30(54)16-19-55(31,10)56(26,11)42(67)43(57)68)75-51-41(78-50-37(65)35(63)33(61)28(21-58)73-50)39(38(66)40(77-51)46(69)70)76-49-36(64)34(62)29(22-59)74-49/h12-14,27-45,49-51,58-68H,15-23H2,1-11H3,(H,69,70)/b24-12-,25-13-/t27?,28?,29-,30?,31?,32-,33-,34+,35?,36?,37-,38-,39?,40?,41-,42-,43+,44-,45-,49?,50-,51+,54-,55+,56-,57-/m0/s1. The fourth-order valence-corrected chi connectivity index (χ4v) is 16.2. The summed E-state index contributed by atoms with van der Waals surface area (Å²) in [4.78, 5) is 40.3. The number of carboxylic acid groups (broad SMARTS) is 1. The second-order valence-electron chi connectivity index (χ2n) is 26.0. The lowest BCUT2D eigenvalue weighted by molar-refractivity contribution is -0.386. The molecule has 0 amide bonds. The van der Waals surface area contributed by atoms with Gasteiger partial charge < -0.3 is 99.2 Å². The molecule has 26 atom stereocenters. The summed E-state index contributed by atoms with van der Waals surface area (Å²) >= 11 is 0. The van der Waals surface area contributed by atoms with Crippen molar-refractivity contribution in [2.45, 2.75) is 231 Å². The summed E-state index contributed by atoms with van der Waals surface area (Å²) in [6.45, 7) is 18.4. The Balaban J connectivity index is 1.14. The van der Waals surface area contributed by atoms with Crippen LogP contribution in [0.1, 0.15) is 115 Å². The number of hydrogen-bond acceptors (Lipinski definition) is 22. The average molecular weight is 1140 g/mol. The number of aliphatic carboxylic acids is 1. The van der Waals surface area contributed by atoms with Crippen LogP contribution in [0, 0.1) is 50.2 Å². The Morgan fingerprint density at radius 2 is 1.18 bits per heavy atom. The topological polar surface area (TPSA) is 368 Å². The van der Waals surface area contributed by atoms with Crippen LogP contribution in [-0.2, 0) is 52.3 Å². The first-order valence-corrected chi connectivity index (χ1v) is 28.1. The Labute approximate surface area is 466 Å². The molecular weight excluding hydrogens is 1050 g/mol. The lowest BCUT2D eigenvalue weighted by Gasteiger charge is -2.73. The Hall–Kier alpha value is -3.05. The zero-order valence-corrected chi connectivity index (χ0v) is 47.7. The van der Waals surface area contributed by atoms with Crippen LogP contribution >= 0.6 is 0 Å². The van der Waals surface area contributed by atoms with E-state index in [0.717, 1.165) is 5.57 Å². The molecule has 8 rings (SSSR count). The molecule has 454 valence electrons. The maximum absolute atomic E-state index is 13.9. The van der Waals surface area contributed by atoms with E-state index in [1.165, 1.54) is 0 Å². The Bertz CT molecular complexity index is 2390. The molecule has 7 fully saturated rings. The van der Waals surface area contributed by atoms with Crippen LogP contribution in [-0.4, -0.2) is 216 Å². The molecule has 0 bridgehead atoms. The summed E-state index contributed by atoms with van der Waals surface area (Å²) in [5.41, 5.74) is -4.40. The summed E-state index contributed by atoms with van der Waals surface area (Å²) in [6.07, 6.45) is -24.0. The molecule has 80 heavy (non-hydrogen) atoms. The van der Waals surface area contributed by atoms with Gasteiger partial charge in [-0.2, -0.15) is 0 Å². The Kier molecular flexibility index (Phi) is 17.9. The van der Waals surface area contributed by atoms with Crippen LogP contribution in [0.15, 0.2) is 34.9 Å². The highest BCUT2D eigenvalue weighted by Gasteiger charge is 2.76. The van der Waals surface area contributed by atoms with Crippen LogP contribution in [0.25, 0.3) is 0 Å². The zero-order chi connectivity index (χ0) is 59.3. The summed E-state index contributed by atoms with van der Waals surface area (Å²) in [5, 5.41) is 134. The minimum Gasteiger partial charge on any atom is -0.479 e. The van der Waals surface area contributed by atoms with Crippen LogP contribution in [0.4, 0.5) is 0 Å². The van der Waals surface area contributed by atoms with E-state index in [1.54, 1.807) is 39.8 Å². The molecule has 3 heterocycles. The van der Waals surface area contributed by atoms with Gasteiger partial charge in [0.25, 0.3) is 0 Å². The van der Waals surface area contributed by atoms with Gasteiger partial charge in [-0.05, 0) is 100 Å². The summed E-state index contributed by atoms with van der Waals surface area (Å²) in [7, 11) is 0. The molecule has 0 aromatic rings. The molecule has 4 saturated carbocycles. The highest BCUT2D eigenvalue weighted by atomic mass is 16.8. The number of fused-ring (bicyclic) bond motifs is 7. The number of aliphatic hydroxyl groups excluding tert-OH is 11. The zero-order valence-electron chi connectivity index (χ0n) is 47.7. The minimum absolute atomic E-state index is 0.153. The predicted molar refractivity (Wildman–Crippen MR) is 277 cm³/mol. The third kappa shape index (κ3) is 9.76. The molecule has 23 nitrogen and oxygen atoms in total. The lowest BCUT2D eigenvalue weighted by atomic mass is 9.32. The highest BCUT2D eigenvalue weighted by Crippen LogP contribution is 2.76. The molecular formula is C57H88O23. The first kappa shape index (κ1) is 63.0. The van der Waals surface area contributed by atoms with Crippen molar-refractivity contribution in [3.05, 3.63) is 34.9 Å². The van der Waals surface area contributed by atoms with Gasteiger partial charge in [0, 0.05) is 22.0 Å². The van der Waals surface area contributed by atoms with Crippen LogP contribution in [0.2, 0.25) is 0 Å². The second kappa shape index (κ2) is 22.7. The first-order chi connectivity index (χ1) is 37.3. The fraction of sp³-hybridized carbons (Fsp3) is 0.842. The first-order valence-electron chi connectivity index (χ1n) is 28.1. The van der Waals surface area contributed by atoms with Crippen molar-refractivity contribution in [3.8, 4) is 0 Å². The predicted octanol–water partition coefficient (Wildman–Crippen LogP) is 0.263. The SMILES string of the molecule is C/C=C(/C)C(=O)O[C@H]1[C@H](OC(=O)/C(C)=C\C)[C@@]2(CO)C(CC1(C)C)C1=CCC3[C@@]4(C)CC[C@H](O[C@@H]5OC(C(=O)O)[C@@H](O)C(OC6O[C@@H](CO)[C@@H](O)C6O)[C@@H]5O[C@@H]5OC(CO)[C@H](O)C(O)[C@@H]5O)C(C)(C)C4CC[C@@]3(C)[C@]1(C)[C@@H](O)[C@H]2O. The lowest BCUT2D eigenvalue weighted by Crippen LogP contribution is -2.76. The van der Waals surface area contributed by atoms with Crippen molar-refractivity contribution in [1.29, 1.82) is 0 Å². The van der Waals surface area contributed by atoms with Gasteiger partial charge in [-0.15, -0.1) is 0 Å². The molecule has 3 saturated heterocycles. The van der Waals surface area contributed by atoms with Crippen LogP contribution < -0.4 is 0 Å². The van der Waals surface area contributed by atoms with E-state index in [-0.39, 0.29) is 23.8 Å². The molecule has 5 aliphatic carbocycles. The molecule has 8 aliphatic rings. The molecule has 3 aliphatic heterocycles. The van der Waals surface area contributed by atoms with E-state index < -0.39 is 193 Å². The average Bonchev–Trinajstić information content (AvgIpc) is 3.72. The molecule has 12 N–H and O–H groups in total. The van der Waals surface area contributed by atoms with Crippen LogP contribution in [0.5, 0.6) is 0 Å². The maximum Gasteiger partial charge on any atom is 0.335 e. The fourth-order valence-electron chi connectivity index (χ4n) is 16.2. The number of rotatable bonds is 14. The Morgan fingerprint density at radius 1 is 0.637 bits per heavy atom. The molecule has 23 heteroatoms. The number of carbonyl (C=O) groups is 3. The molecule has 0 aromatic heterocycles. The van der Waals surface area contributed by atoms with E-state index in [0.29, 0.717) is 37.7 Å². The number of allylic oxidation sites excluding steroid dienone is 3. The van der Waals surface area contributed by atoms with E-state index in [1.807, 2.05) is 34.6 Å².